The number of rotatable bonds is 3. The van der Waals surface area contributed by atoms with Gasteiger partial charge >= 0.3 is 0 Å². The molecule has 140 valence electrons. The van der Waals surface area contributed by atoms with Crippen LogP contribution >= 0.6 is 24.0 Å². The lowest BCUT2D eigenvalue weighted by atomic mass is 10.1. The van der Waals surface area contributed by atoms with Crippen LogP contribution in [0.2, 0.25) is 0 Å². The van der Waals surface area contributed by atoms with Gasteiger partial charge in [0.05, 0.1) is 21.7 Å². The average molecular weight is 400 g/mol. The van der Waals surface area contributed by atoms with Crippen LogP contribution in [0.4, 0.5) is 5.69 Å². The second-order valence-corrected chi connectivity index (χ2v) is 8.44. The third-order valence-electron chi connectivity index (χ3n) is 5.20. The highest BCUT2D eigenvalue weighted by molar-refractivity contribution is 8.26. The van der Waals surface area contributed by atoms with E-state index in [0.29, 0.717) is 21.3 Å². The Hall–Kier alpha value is -2.12. The molecular formula is C20H21N3O2S2. The molecule has 0 atom stereocenters. The van der Waals surface area contributed by atoms with Crippen molar-refractivity contribution >= 4 is 56.9 Å². The fraction of sp³-hybridized carbons (Fsp3) is 0.350. The number of nitrogens with zero attached hydrogens (tertiary/aromatic N) is 3. The molecule has 2 saturated heterocycles. The number of benzene rings is 1. The number of likely N-dealkylation sites (N-methyl/N-ethyl adjacent to an activating group) is 1. The number of fused-ring (bicyclic) bond motifs is 1. The highest BCUT2D eigenvalue weighted by Gasteiger charge is 2.32. The molecule has 2 fully saturated rings. The quantitative estimate of drug-likeness (QED) is 0.585. The summed E-state index contributed by atoms with van der Waals surface area (Å²) in [6.45, 7) is 4.29. The molecule has 0 saturated carbocycles. The number of pyridine rings is 1. The molecule has 0 radical (unpaired) electrons. The van der Waals surface area contributed by atoms with E-state index in [0.717, 1.165) is 42.5 Å². The van der Waals surface area contributed by atoms with Gasteiger partial charge in [0.1, 0.15) is 4.32 Å². The van der Waals surface area contributed by atoms with Crippen molar-refractivity contribution in [1.82, 2.24) is 9.47 Å². The number of carbonyl (C=O) groups is 1. The first-order valence-electron chi connectivity index (χ1n) is 9.15. The fourth-order valence-corrected chi connectivity index (χ4v) is 5.18. The number of thiocarbonyl (C=S) groups is 1. The van der Waals surface area contributed by atoms with E-state index in [2.05, 4.69) is 11.0 Å². The summed E-state index contributed by atoms with van der Waals surface area (Å²) in [7, 11) is 1.78. The third-order valence-corrected chi connectivity index (χ3v) is 6.58. The summed E-state index contributed by atoms with van der Waals surface area (Å²) in [6, 6.07) is 7.96. The van der Waals surface area contributed by atoms with Crippen LogP contribution in [-0.4, -0.2) is 39.3 Å². The summed E-state index contributed by atoms with van der Waals surface area (Å²) >= 11 is 6.59. The lowest BCUT2D eigenvalue weighted by molar-refractivity contribution is -0.121. The highest BCUT2D eigenvalue weighted by Crippen LogP contribution is 2.36. The first-order valence-corrected chi connectivity index (χ1v) is 10.4. The molecule has 0 aliphatic carbocycles. The first kappa shape index (κ1) is 18.3. The Morgan fingerprint density at radius 3 is 2.56 bits per heavy atom. The van der Waals surface area contributed by atoms with E-state index in [1.807, 2.05) is 25.1 Å². The molecule has 7 heteroatoms. The zero-order chi connectivity index (χ0) is 19.1. The van der Waals surface area contributed by atoms with Crippen LogP contribution in [0.5, 0.6) is 0 Å². The summed E-state index contributed by atoms with van der Waals surface area (Å²) in [6.07, 6.45) is 3.97. The highest BCUT2D eigenvalue weighted by atomic mass is 32.2. The van der Waals surface area contributed by atoms with Gasteiger partial charge in [-0.05, 0) is 31.9 Å². The number of amides is 1. The predicted molar refractivity (Wildman–Crippen MR) is 116 cm³/mol. The van der Waals surface area contributed by atoms with E-state index in [4.69, 9.17) is 12.2 Å². The molecule has 3 heterocycles. The SMILES string of the molecule is CCN1C(=O)C(=Cc2c(N3CCCC3)c3ccccc3n(C)c2=O)SC1=S. The van der Waals surface area contributed by atoms with Crippen molar-refractivity contribution in [3.05, 3.63) is 45.1 Å². The molecule has 1 amide bonds. The average Bonchev–Trinajstić information content (AvgIpc) is 3.28. The first-order chi connectivity index (χ1) is 13.0. The zero-order valence-corrected chi connectivity index (χ0v) is 17.0. The zero-order valence-electron chi connectivity index (χ0n) is 15.4. The van der Waals surface area contributed by atoms with Crippen LogP contribution in [0.1, 0.15) is 25.3 Å². The summed E-state index contributed by atoms with van der Waals surface area (Å²) < 4.78 is 2.22. The largest absolute Gasteiger partial charge is 0.370 e. The number of thioether (sulfide) groups is 1. The molecule has 27 heavy (non-hydrogen) atoms. The molecule has 0 bridgehead atoms. The predicted octanol–water partition coefficient (Wildman–Crippen LogP) is 3.36. The molecular weight excluding hydrogens is 378 g/mol. The van der Waals surface area contributed by atoms with Crippen molar-refractivity contribution in [3.8, 4) is 0 Å². The monoisotopic (exact) mass is 399 g/mol. The third kappa shape index (κ3) is 2.99. The van der Waals surface area contributed by atoms with E-state index in [9.17, 15) is 9.59 Å². The van der Waals surface area contributed by atoms with Crippen LogP contribution in [0.15, 0.2) is 34.0 Å². The van der Waals surface area contributed by atoms with E-state index < -0.39 is 0 Å². The Morgan fingerprint density at radius 1 is 1.19 bits per heavy atom. The Labute approximate surface area is 167 Å². The van der Waals surface area contributed by atoms with Gasteiger partial charge in [-0.15, -0.1) is 0 Å². The van der Waals surface area contributed by atoms with Crippen LogP contribution in [0.25, 0.3) is 17.0 Å². The minimum absolute atomic E-state index is 0.0858. The van der Waals surface area contributed by atoms with Crippen molar-refractivity contribution in [2.24, 2.45) is 7.05 Å². The van der Waals surface area contributed by atoms with Gasteiger partial charge in [-0.1, -0.05) is 42.2 Å². The number of para-hydroxylation sites is 1. The molecule has 2 aromatic rings. The summed E-state index contributed by atoms with van der Waals surface area (Å²) in [4.78, 5) is 30.3. The Balaban J connectivity index is 1.97. The van der Waals surface area contributed by atoms with E-state index in [1.54, 1.807) is 22.6 Å². The lowest BCUT2D eigenvalue weighted by Gasteiger charge is -2.23. The van der Waals surface area contributed by atoms with E-state index in [1.165, 1.54) is 11.8 Å². The Bertz CT molecular complexity index is 1040. The van der Waals surface area contributed by atoms with E-state index in [-0.39, 0.29) is 11.5 Å². The molecule has 0 N–H and O–H groups in total. The van der Waals surface area contributed by atoms with Gasteiger partial charge in [-0.3, -0.25) is 14.5 Å². The Morgan fingerprint density at radius 2 is 1.89 bits per heavy atom. The van der Waals surface area contributed by atoms with E-state index >= 15 is 0 Å². The number of carbonyl (C=O) groups excluding carboxylic acids is 1. The van der Waals surface area contributed by atoms with Gasteiger partial charge in [-0.25, -0.2) is 0 Å². The molecule has 4 rings (SSSR count). The minimum Gasteiger partial charge on any atom is -0.370 e. The molecule has 2 aliphatic rings. The van der Waals surface area contributed by atoms with Crippen LogP contribution in [0.3, 0.4) is 0 Å². The number of anilines is 1. The standard InChI is InChI=1S/C20H21N3O2S2/c1-3-23-19(25)16(27-20(23)26)12-14-17(22-10-6-7-11-22)13-8-4-5-9-15(13)21(2)18(14)24/h4-5,8-9,12H,3,6-7,10-11H2,1-2H3. The van der Waals surface area contributed by atoms with Gasteiger partial charge in [0, 0.05) is 32.1 Å². The maximum atomic E-state index is 13.2. The smallest absolute Gasteiger partial charge is 0.266 e. The van der Waals surface area contributed by atoms with Gasteiger partial charge in [0.15, 0.2) is 0 Å². The van der Waals surface area contributed by atoms with Crippen LogP contribution < -0.4 is 10.5 Å². The molecule has 5 nitrogen and oxygen atoms in total. The number of hydrogen-bond acceptors (Lipinski definition) is 5. The maximum absolute atomic E-state index is 13.2. The molecule has 1 aromatic heterocycles. The maximum Gasteiger partial charge on any atom is 0.266 e. The van der Waals surface area contributed by atoms with Crippen LogP contribution in [0, 0.1) is 0 Å². The normalized spacial score (nSPS) is 19.1. The van der Waals surface area contributed by atoms with Crippen molar-refractivity contribution in [2.75, 3.05) is 24.5 Å². The number of aryl methyl sites for hydroxylation is 1. The molecule has 0 spiro atoms. The summed E-state index contributed by atoms with van der Waals surface area (Å²) in [5.41, 5.74) is 2.34. The summed E-state index contributed by atoms with van der Waals surface area (Å²) in [5, 5.41) is 1.04. The second kappa shape index (κ2) is 7.13. The van der Waals surface area contributed by atoms with Crippen molar-refractivity contribution in [2.45, 2.75) is 19.8 Å². The van der Waals surface area contributed by atoms with Crippen molar-refractivity contribution in [3.63, 3.8) is 0 Å². The van der Waals surface area contributed by atoms with Crippen molar-refractivity contribution < 1.29 is 4.79 Å². The van der Waals surface area contributed by atoms with Gasteiger partial charge in [-0.2, -0.15) is 0 Å². The summed E-state index contributed by atoms with van der Waals surface area (Å²) in [5.74, 6) is -0.116. The number of aromatic nitrogens is 1. The van der Waals surface area contributed by atoms with Crippen molar-refractivity contribution in [1.29, 1.82) is 0 Å². The fourth-order valence-electron chi connectivity index (χ4n) is 3.82. The lowest BCUT2D eigenvalue weighted by Crippen LogP contribution is -2.28. The molecule has 2 aliphatic heterocycles. The van der Waals surface area contributed by atoms with Gasteiger partial charge < -0.3 is 9.47 Å². The second-order valence-electron chi connectivity index (χ2n) is 6.76. The molecule has 1 aromatic carbocycles. The molecule has 0 unspecified atom stereocenters. The minimum atomic E-state index is -0.116. The van der Waals surface area contributed by atoms with Gasteiger partial charge in [0.2, 0.25) is 0 Å². The number of hydrogen-bond donors (Lipinski definition) is 0. The van der Waals surface area contributed by atoms with Crippen LogP contribution in [-0.2, 0) is 11.8 Å². The Kier molecular flexibility index (Phi) is 4.82. The topological polar surface area (TPSA) is 45.6 Å². The van der Waals surface area contributed by atoms with Gasteiger partial charge in [0.25, 0.3) is 11.5 Å².